The van der Waals surface area contributed by atoms with Crippen LogP contribution in [0.25, 0.3) is 0 Å². The summed E-state index contributed by atoms with van der Waals surface area (Å²) in [6.45, 7) is 1.02. The quantitative estimate of drug-likeness (QED) is 0.653. The average molecular weight is 253 g/mol. The van der Waals surface area contributed by atoms with E-state index in [2.05, 4.69) is 5.32 Å². The number of hydrogen-bond donors (Lipinski definition) is 3. The predicted octanol–water partition coefficient (Wildman–Crippen LogP) is 0.315. The van der Waals surface area contributed by atoms with E-state index < -0.39 is 5.54 Å². The molecule has 0 aliphatic rings. The number of ether oxygens (including phenoxy) is 1. The molecule has 0 aliphatic heterocycles. The molecule has 0 aliphatic carbocycles. The number of rotatable bonds is 7. The van der Waals surface area contributed by atoms with Gasteiger partial charge < -0.3 is 20.3 Å². The van der Waals surface area contributed by atoms with Crippen molar-refractivity contribution in [1.82, 2.24) is 5.32 Å². The second kappa shape index (κ2) is 6.98. The van der Waals surface area contributed by atoms with Crippen molar-refractivity contribution in [2.75, 3.05) is 19.8 Å². The van der Waals surface area contributed by atoms with E-state index in [1.807, 2.05) is 18.2 Å². The highest BCUT2D eigenvalue weighted by Gasteiger charge is 2.28. The second-order valence-corrected chi connectivity index (χ2v) is 4.10. The number of aliphatic hydroxyl groups is 2. The molecule has 0 bridgehead atoms. The van der Waals surface area contributed by atoms with Gasteiger partial charge in [-0.25, -0.2) is 0 Å². The topological polar surface area (TPSA) is 78.8 Å². The zero-order valence-electron chi connectivity index (χ0n) is 10.4. The lowest BCUT2D eigenvalue weighted by molar-refractivity contribution is -0.126. The zero-order valence-corrected chi connectivity index (χ0v) is 10.4. The van der Waals surface area contributed by atoms with Gasteiger partial charge in [0.25, 0.3) is 5.91 Å². The lowest BCUT2D eigenvalue weighted by Gasteiger charge is -2.29. The molecule has 5 nitrogen and oxygen atoms in total. The molecule has 0 fully saturated rings. The number of aliphatic hydroxyl groups excluding tert-OH is 2. The normalized spacial score (nSPS) is 11.1. The number of para-hydroxylation sites is 1. The third-order valence-corrected chi connectivity index (χ3v) is 2.80. The Morgan fingerprint density at radius 3 is 2.39 bits per heavy atom. The summed E-state index contributed by atoms with van der Waals surface area (Å²) in [4.78, 5) is 11.7. The number of amides is 1. The van der Waals surface area contributed by atoms with E-state index >= 15 is 0 Å². The van der Waals surface area contributed by atoms with Crippen LogP contribution in [0.4, 0.5) is 0 Å². The molecule has 1 aromatic rings. The molecular formula is C13H19NO4. The van der Waals surface area contributed by atoms with Gasteiger partial charge in [-0.05, 0) is 18.6 Å². The Morgan fingerprint density at radius 2 is 1.89 bits per heavy atom. The van der Waals surface area contributed by atoms with Crippen molar-refractivity contribution < 1.29 is 19.7 Å². The first-order chi connectivity index (χ1) is 8.65. The van der Waals surface area contributed by atoms with Crippen LogP contribution in [0.3, 0.4) is 0 Å². The van der Waals surface area contributed by atoms with Crippen LogP contribution in [0.5, 0.6) is 5.75 Å². The van der Waals surface area contributed by atoms with Crippen LogP contribution in [-0.4, -0.2) is 41.5 Å². The van der Waals surface area contributed by atoms with E-state index in [0.717, 1.165) is 0 Å². The van der Waals surface area contributed by atoms with Crippen molar-refractivity contribution in [1.29, 1.82) is 0 Å². The van der Waals surface area contributed by atoms with Gasteiger partial charge in [0.15, 0.2) is 6.61 Å². The first-order valence-corrected chi connectivity index (χ1v) is 5.86. The predicted molar refractivity (Wildman–Crippen MR) is 67.3 cm³/mol. The Balaban J connectivity index is 2.46. The Kier molecular flexibility index (Phi) is 5.61. The molecule has 0 saturated heterocycles. The molecule has 5 heteroatoms. The fraction of sp³-hybridized carbons (Fsp3) is 0.462. The fourth-order valence-electron chi connectivity index (χ4n) is 1.44. The van der Waals surface area contributed by atoms with Gasteiger partial charge in [-0.2, -0.15) is 0 Å². The van der Waals surface area contributed by atoms with Gasteiger partial charge in [0.05, 0.1) is 18.8 Å². The van der Waals surface area contributed by atoms with E-state index in [4.69, 9.17) is 4.74 Å². The van der Waals surface area contributed by atoms with Crippen molar-refractivity contribution in [3.8, 4) is 5.75 Å². The molecule has 0 atom stereocenters. The highest BCUT2D eigenvalue weighted by atomic mass is 16.5. The summed E-state index contributed by atoms with van der Waals surface area (Å²) >= 11 is 0. The van der Waals surface area contributed by atoms with Crippen LogP contribution in [0.15, 0.2) is 30.3 Å². The van der Waals surface area contributed by atoms with Crippen LogP contribution in [0.2, 0.25) is 0 Å². The highest BCUT2D eigenvalue weighted by Crippen LogP contribution is 2.10. The van der Waals surface area contributed by atoms with Gasteiger partial charge in [-0.15, -0.1) is 0 Å². The van der Waals surface area contributed by atoms with Crippen LogP contribution in [0, 0.1) is 0 Å². The van der Waals surface area contributed by atoms with Gasteiger partial charge in [-0.1, -0.05) is 25.1 Å². The molecule has 1 amide bonds. The maximum absolute atomic E-state index is 11.7. The number of hydrogen-bond acceptors (Lipinski definition) is 4. The molecule has 0 aromatic heterocycles. The fourth-order valence-corrected chi connectivity index (χ4v) is 1.44. The van der Waals surface area contributed by atoms with Crippen LogP contribution in [0.1, 0.15) is 13.3 Å². The van der Waals surface area contributed by atoms with Crippen LogP contribution >= 0.6 is 0 Å². The highest BCUT2D eigenvalue weighted by molar-refractivity contribution is 5.78. The second-order valence-electron chi connectivity index (χ2n) is 4.10. The number of nitrogens with one attached hydrogen (secondary N) is 1. The lowest BCUT2D eigenvalue weighted by Crippen LogP contribution is -2.54. The molecular weight excluding hydrogens is 234 g/mol. The average Bonchev–Trinajstić information content (AvgIpc) is 2.44. The van der Waals surface area contributed by atoms with Gasteiger partial charge in [0, 0.05) is 0 Å². The SMILES string of the molecule is CCC(CO)(CO)NC(=O)COc1ccccc1. The van der Waals surface area contributed by atoms with Crippen molar-refractivity contribution in [2.45, 2.75) is 18.9 Å². The first-order valence-electron chi connectivity index (χ1n) is 5.86. The monoisotopic (exact) mass is 253 g/mol. The first kappa shape index (κ1) is 14.5. The van der Waals surface area contributed by atoms with Crippen LogP contribution in [-0.2, 0) is 4.79 Å². The summed E-state index contributed by atoms with van der Waals surface area (Å²) in [5.41, 5.74) is -0.975. The lowest BCUT2D eigenvalue weighted by atomic mass is 9.98. The van der Waals surface area contributed by atoms with E-state index in [9.17, 15) is 15.0 Å². The summed E-state index contributed by atoms with van der Waals surface area (Å²) in [7, 11) is 0. The van der Waals surface area contributed by atoms with Crippen LogP contribution < -0.4 is 10.1 Å². The summed E-state index contributed by atoms with van der Waals surface area (Å²) in [5.74, 6) is 0.228. The molecule has 0 radical (unpaired) electrons. The maximum Gasteiger partial charge on any atom is 0.258 e. The minimum absolute atomic E-state index is 0.147. The summed E-state index contributed by atoms with van der Waals surface area (Å²) in [6, 6.07) is 8.97. The molecule has 1 aromatic carbocycles. The van der Waals surface area contributed by atoms with E-state index in [0.29, 0.717) is 12.2 Å². The number of carbonyl (C=O) groups excluding carboxylic acids is 1. The molecule has 1 rings (SSSR count). The molecule has 0 saturated carbocycles. The van der Waals surface area contributed by atoms with Crippen molar-refractivity contribution in [2.24, 2.45) is 0 Å². The van der Waals surface area contributed by atoms with Crippen molar-refractivity contribution in [3.05, 3.63) is 30.3 Å². The molecule has 100 valence electrons. The Bertz CT molecular complexity index is 354. The van der Waals surface area contributed by atoms with Gasteiger partial charge >= 0.3 is 0 Å². The van der Waals surface area contributed by atoms with Gasteiger partial charge in [0.1, 0.15) is 5.75 Å². The van der Waals surface area contributed by atoms with Gasteiger partial charge in [-0.3, -0.25) is 4.79 Å². The smallest absolute Gasteiger partial charge is 0.258 e. The van der Waals surface area contributed by atoms with Gasteiger partial charge in [0.2, 0.25) is 0 Å². The molecule has 0 spiro atoms. The van der Waals surface area contributed by atoms with E-state index in [1.165, 1.54) is 0 Å². The largest absolute Gasteiger partial charge is 0.484 e. The van der Waals surface area contributed by atoms with Crippen molar-refractivity contribution >= 4 is 5.91 Å². The number of benzene rings is 1. The minimum atomic E-state index is -0.975. The van der Waals surface area contributed by atoms with E-state index in [-0.39, 0.29) is 25.7 Å². The maximum atomic E-state index is 11.7. The van der Waals surface area contributed by atoms with E-state index in [1.54, 1.807) is 19.1 Å². The third-order valence-electron chi connectivity index (χ3n) is 2.80. The third kappa shape index (κ3) is 4.01. The standard InChI is InChI=1S/C13H19NO4/c1-2-13(9-15,10-16)14-12(17)8-18-11-6-4-3-5-7-11/h3-7,15-16H,2,8-10H2,1H3,(H,14,17). The molecule has 3 N–H and O–H groups in total. The summed E-state index contributed by atoms with van der Waals surface area (Å²) in [5, 5.41) is 21.0. The Labute approximate surface area is 106 Å². The summed E-state index contributed by atoms with van der Waals surface area (Å²) in [6.07, 6.45) is 0.442. The van der Waals surface area contributed by atoms with Crippen molar-refractivity contribution in [3.63, 3.8) is 0 Å². The molecule has 0 heterocycles. The minimum Gasteiger partial charge on any atom is -0.484 e. The molecule has 0 unspecified atom stereocenters. The molecule has 18 heavy (non-hydrogen) atoms. The Morgan fingerprint density at radius 1 is 1.28 bits per heavy atom. The summed E-state index contributed by atoms with van der Waals surface area (Å²) < 4.78 is 5.27. The zero-order chi connectivity index (χ0) is 13.4. The Hall–Kier alpha value is -1.59. The number of carbonyl (C=O) groups is 1.